The highest BCUT2D eigenvalue weighted by atomic mass is 16.5. The molecule has 0 heterocycles. The van der Waals surface area contributed by atoms with Crippen LogP contribution in [0.5, 0.6) is 0 Å². The third-order valence-electron chi connectivity index (χ3n) is 2.82. The number of nitrogens with two attached hydrogens (primary N) is 1. The number of carbonyl (C=O) groups is 2. The number of nitrogens with one attached hydrogen (secondary N) is 1. The van der Waals surface area contributed by atoms with Crippen molar-refractivity contribution in [2.75, 3.05) is 20.3 Å². The van der Waals surface area contributed by atoms with Crippen LogP contribution in [0.2, 0.25) is 0 Å². The van der Waals surface area contributed by atoms with E-state index in [0.29, 0.717) is 26.0 Å². The van der Waals surface area contributed by atoms with Crippen LogP contribution in [0.3, 0.4) is 0 Å². The molecule has 4 N–H and O–H groups in total. The van der Waals surface area contributed by atoms with Gasteiger partial charge in [0.1, 0.15) is 0 Å². The van der Waals surface area contributed by atoms with Gasteiger partial charge in [-0.1, -0.05) is 12.8 Å². The zero-order chi connectivity index (χ0) is 14.5. The van der Waals surface area contributed by atoms with Gasteiger partial charge < -0.3 is 20.9 Å². The Kier molecular flexibility index (Phi) is 11.2. The first kappa shape index (κ1) is 17.9. The lowest BCUT2D eigenvalue weighted by molar-refractivity contribution is -0.137. The molecule has 1 unspecified atom stereocenters. The summed E-state index contributed by atoms with van der Waals surface area (Å²) in [6.45, 7) is 1.22. The fourth-order valence-electron chi connectivity index (χ4n) is 1.68. The lowest BCUT2D eigenvalue weighted by Gasteiger charge is -2.11. The Morgan fingerprint density at radius 2 is 1.89 bits per heavy atom. The number of unbranched alkanes of at least 4 members (excludes halogenated alkanes) is 3. The van der Waals surface area contributed by atoms with E-state index < -0.39 is 12.0 Å². The Hall–Kier alpha value is -1.14. The van der Waals surface area contributed by atoms with Crippen molar-refractivity contribution in [3.8, 4) is 0 Å². The van der Waals surface area contributed by atoms with Crippen LogP contribution in [0.15, 0.2) is 0 Å². The lowest BCUT2D eigenvalue weighted by Crippen LogP contribution is -2.41. The predicted octanol–water partition coefficient (Wildman–Crippen LogP) is 0.892. The smallest absolute Gasteiger partial charge is 0.303 e. The minimum atomic E-state index is -0.754. The lowest BCUT2D eigenvalue weighted by atomic mass is 10.1. The summed E-state index contributed by atoms with van der Waals surface area (Å²) < 4.78 is 4.90. The fourth-order valence-corrected chi connectivity index (χ4v) is 1.68. The van der Waals surface area contributed by atoms with Crippen molar-refractivity contribution in [3.05, 3.63) is 0 Å². The Labute approximate surface area is 114 Å². The number of carbonyl (C=O) groups excluding carboxylic acids is 1. The van der Waals surface area contributed by atoms with Crippen LogP contribution in [-0.4, -0.2) is 43.3 Å². The summed E-state index contributed by atoms with van der Waals surface area (Å²) in [5.41, 5.74) is 5.72. The zero-order valence-electron chi connectivity index (χ0n) is 11.7. The molecule has 0 aliphatic rings. The molecule has 0 saturated heterocycles. The van der Waals surface area contributed by atoms with E-state index in [0.717, 1.165) is 25.7 Å². The molecule has 6 nitrogen and oxygen atoms in total. The molecule has 0 spiro atoms. The van der Waals surface area contributed by atoms with E-state index in [4.69, 9.17) is 15.6 Å². The van der Waals surface area contributed by atoms with Gasteiger partial charge in [-0.3, -0.25) is 9.59 Å². The topological polar surface area (TPSA) is 102 Å². The van der Waals surface area contributed by atoms with Gasteiger partial charge in [0.25, 0.3) is 0 Å². The number of rotatable bonds is 12. The van der Waals surface area contributed by atoms with E-state index in [-0.39, 0.29) is 12.3 Å². The van der Waals surface area contributed by atoms with Crippen LogP contribution in [0.25, 0.3) is 0 Å². The van der Waals surface area contributed by atoms with Crippen LogP contribution in [-0.2, 0) is 14.3 Å². The average Bonchev–Trinajstić information content (AvgIpc) is 2.37. The molecular formula is C13H26N2O4. The van der Waals surface area contributed by atoms with Gasteiger partial charge in [-0.25, -0.2) is 0 Å². The SMILES string of the molecule is COCCCC(N)C(=O)NCCCCCCC(=O)O. The maximum absolute atomic E-state index is 11.6. The number of hydrogen-bond donors (Lipinski definition) is 3. The zero-order valence-corrected chi connectivity index (χ0v) is 11.7. The molecule has 0 aromatic heterocycles. The standard InChI is InChI=1S/C13H26N2O4/c1-19-10-6-7-11(14)13(18)15-9-5-3-2-4-8-12(16)17/h11H,2-10,14H2,1H3,(H,15,18)(H,16,17). The summed E-state index contributed by atoms with van der Waals surface area (Å²) in [6, 6.07) is -0.470. The van der Waals surface area contributed by atoms with Crippen molar-refractivity contribution in [3.63, 3.8) is 0 Å². The van der Waals surface area contributed by atoms with E-state index in [1.165, 1.54) is 0 Å². The van der Waals surface area contributed by atoms with E-state index in [9.17, 15) is 9.59 Å². The summed E-state index contributed by atoms with van der Waals surface area (Å²) >= 11 is 0. The molecule has 0 aromatic rings. The number of carboxylic acids is 1. The summed E-state index contributed by atoms with van der Waals surface area (Å²) in [4.78, 5) is 21.8. The van der Waals surface area contributed by atoms with Gasteiger partial charge in [0.05, 0.1) is 6.04 Å². The van der Waals surface area contributed by atoms with Gasteiger partial charge in [-0.2, -0.15) is 0 Å². The molecule has 1 atom stereocenters. The number of amides is 1. The molecule has 0 radical (unpaired) electrons. The van der Waals surface area contributed by atoms with Gasteiger partial charge in [0.15, 0.2) is 0 Å². The first-order valence-electron chi connectivity index (χ1n) is 6.82. The molecule has 1 amide bonds. The van der Waals surface area contributed by atoms with Crippen LogP contribution >= 0.6 is 0 Å². The second kappa shape index (κ2) is 11.9. The molecular weight excluding hydrogens is 248 g/mol. The summed E-state index contributed by atoms with van der Waals surface area (Å²) in [7, 11) is 1.62. The van der Waals surface area contributed by atoms with Crippen molar-refractivity contribution >= 4 is 11.9 Å². The normalized spacial score (nSPS) is 12.1. The Bertz CT molecular complexity index is 259. The van der Waals surface area contributed by atoms with E-state index >= 15 is 0 Å². The van der Waals surface area contributed by atoms with Crippen molar-refractivity contribution in [1.82, 2.24) is 5.32 Å². The maximum Gasteiger partial charge on any atom is 0.303 e. The minimum absolute atomic E-state index is 0.123. The van der Waals surface area contributed by atoms with Crippen molar-refractivity contribution in [2.45, 2.75) is 51.0 Å². The van der Waals surface area contributed by atoms with Gasteiger partial charge in [0.2, 0.25) is 5.91 Å². The first-order chi connectivity index (χ1) is 9.07. The molecule has 0 aliphatic carbocycles. The Morgan fingerprint density at radius 1 is 1.21 bits per heavy atom. The molecule has 0 rings (SSSR count). The number of methoxy groups -OCH3 is 1. The summed E-state index contributed by atoms with van der Waals surface area (Å²) in [5.74, 6) is -0.878. The first-order valence-corrected chi connectivity index (χ1v) is 6.82. The largest absolute Gasteiger partial charge is 0.481 e. The number of hydrogen-bond acceptors (Lipinski definition) is 4. The van der Waals surface area contributed by atoms with Gasteiger partial charge in [-0.15, -0.1) is 0 Å². The minimum Gasteiger partial charge on any atom is -0.481 e. The van der Waals surface area contributed by atoms with Crippen molar-refractivity contribution < 1.29 is 19.4 Å². The Balaban J connectivity index is 3.39. The summed E-state index contributed by atoms with van der Waals surface area (Å²) in [6.07, 6.45) is 4.97. The van der Waals surface area contributed by atoms with E-state index in [2.05, 4.69) is 5.32 Å². The van der Waals surface area contributed by atoms with Gasteiger partial charge >= 0.3 is 5.97 Å². The number of carboxylic acid groups (broad SMARTS) is 1. The number of aliphatic carboxylic acids is 1. The second-order valence-corrected chi connectivity index (χ2v) is 4.59. The quantitative estimate of drug-likeness (QED) is 0.459. The molecule has 19 heavy (non-hydrogen) atoms. The fraction of sp³-hybridized carbons (Fsp3) is 0.846. The summed E-state index contributed by atoms with van der Waals surface area (Å²) in [5, 5.41) is 11.2. The molecule has 0 saturated carbocycles. The third kappa shape index (κ3) is 11.7. The predicted molar refractivity (Wildman–Crippen MR) is 72.8 cm³/mol. The monoisotopic (exact) mass is 274 g/mol. The third-order valence-corrected chi connectivity index (χ3v) is 2.82. The van der Waals surface area contributed by atoms with Crippen LogP contribution in [0.1, 0.15) is 44.9 Å². The molecule has 0 bridgehead atoms. The van der Waals surface area contributed by atoms with E-state index in [1.54, 1.807) is 7.11 Å². The van der Waals surface area contributed by atoms with Crippen LogP contribution < -0.4 is 11.1 Å². The van der Waals surface area contributed by atoms with Crippen molar-refractivity contribution in [2.24, 2.45) is 5.73 Å². The second-order valence-electron chi connectivity index (χ2n) is 4.59. The van der Waals surface area contributed by atoms with Gasteiger partial charge in [0, 0.05) is 26.7 Å². The number of ether oxygens (including phenoxy) is 1. The van der Waals surface area contributed by atoms with Crippen molar-refractivity contribution in [1.29, 1.82) is 0 Å². The average molecular weight is 274 g/mol. The molecule has 6 heteroatoms. The molecule has 112 valence electrons. The maximum atomic E-state index is 11.6. The molecule has 0 fully saturated rings. The van der Waals surface area contributed by atoms with Crippen LogP contribution in [0.4, 0.5) is 0 Å². The molecule has 0 aromatic carbocycles. The molecule has 0 aliphatic heterocycles. The van der Waals surface area contributed by atoms with E-state index in [1.807, 2.05) is 0 Å². The highest BCUT2D eigenvalue weighted by Crippen LogP contribution is 2.02. The highest BCUT2D eigenvalue weighted by Gasteiger charge is 2.11. The highest BCUT2D eigenvalue weighted by molar-refractivity contribution is 5.81. The van der Waals surface area contributed by atoms with Gasteiger partial charge in [-0.05, 0) is 25.7 Å². The van der Waals surface area contributed by atoms with Crippen LogP contribution in [0, 0.1) is 0 Å². The Morgan fingerprint density at radius 3 is 2.53 bits per heavy atom.